The number of urea groups is 1. The van der Waals surface area contributed by atoms with Crippen LogP contribution in [-0.2, 0) is 6.54 Å². The fourth-order valence-electron chi connectivity index (χ4n) is 3.99. The highest BCUT2D eigenvalue weighted by Gasteiger charge is 2.35. The Kier molecular flexibility index (Phi) is 5.74. The molecule has 0 fully saturated rings. The van der Waals surface area contributed by atoms with Gasteiger partial charge in [-0.25, -0.2) is 4.79 Å². The van der Waals surface area contributed by atoms with Crippen LogP contribution in [0.4, 0.5) is 4.79 Å². The van der Waals surface area contributed by atoms with Crippen molar-refractivity contribution in [2.45, 2.75) is 26.4 Å². The molecule has 1 unspecified atom stereocenters. The Morgan fingerprint density at radius 2 is 1.94 bits per heavy atom. The fourth-order valence-corrected chi connectivity index (χ4v) is 4.76. The van der Waals surface area contributed by atoms with Crippen LogP contribution >= 0.6 is 22.9 Å². The van der Waals surface area contributed by atoms with Crippen LogP contribution in [0.2, 0.25) is 5.02 Å². The first-order valence-electron chi connectivity index (χ1n) is 10.5. The van der Waals surface area contributed by atoms with Crippen molar-refractivity contribution in [1.29, 1.82) is 0 Å². The standard InChI is InChI=1S/C25H21ClN4O2S/c1-15-5-3-6-17(13-15)14-30-16(2)21(24-28-23(29-32-24)20-7-4-12-33-20)22(27-25(30)31)18-8-10-19(26)11-9-18/h3-13,22H,14H2,1-2H3,(H,27,31). The number of nitrogens with zero attached hydrogens (tertiary/aromatic N) is 3. The third-order valence-corrected chi connectivity index (χ3v) is 6.74. The van der Waals surface area contributed by atoms with Crippen molar-refractivity contribution in [3.05, 3.63) is 99.3 Å². The van der Waals surface area contributed by atoms with E-state index in [1.54, 1.807) is 28.4 Å². The van der Waals surface area contributed by atoms with E-state index in [4.69, 9.17) is 16.1 Å². The van der Waals surface area contributed by atoms with Crippen LogP contribution in [0.5, 0.6) is 0 Å². The second-order valence-electron chi connectivity index (χ2n) is 7.91. The number of nitrogens with one attached hydrogen (secondary N) is 1. The van der Waals surface area contributed by atoms with E-state index in [1.807, 2.05) is 61.7 Å². The quantitative estimate of drug-likeness (QED) is 0.359. The molecule has 3 heterocycles. The Morgan fingerprint density at radius 1 is 1.12 bits per heavy atom. The third-order valence-electron chi connectivity index (χ3n) is 5.62. The van der Waals surface area contributed by atoms with Gasteiger partial charge in [0.25, 0.3) is 5.89 Å². The topological polar surface area (TPSA) is 71.3 Å². The Morgan fingerprint density at radius 3 is 2.67 bits per heavy atom. The second-order valence-corrected chi connectivity index (χ2v) is 9.29. The van der Waals surface area contributed by atoms with E-state index in [0.29, 0.717) is 23.3 Å². The Hall–Kier alpha value is -3.42. The molecule has 2 aromatic carbocycles. The van der Waals surface area contributed by atoms with E-state index in [1.165, 1.54) is 0 Å². The summed E-state index contributed by atoms with van der Waals surface area (Å²) in [5, 5.41) is 9.90. The van der Waals surface area contributed by atoms with Gasteiger partial charge in [0, 0.05) is 10.7 Å². The number of carbonyl (C=O) groups excluding carboxylic acids is 1. The molecule has 1 aliphatic heterocycles. The van der Waals surface area contributed by atoms with E-state index in [0.717, 1.165) is 32.8 Å². The molecule has 0 aliphatic carbocycles. The van der Waals surface area contributed by atoms with Gasteiger partial charge in [-0.05, 0) is 48.6 Å². The summed E-state index contributed by atoms with van der Waals surface area (Å²) in [6.45, 7) is 4.39. The van der Waals surface area contributed by atoms with E-state index in [9.17, 15) is 4.79 Å². The van der Waals surface area contributed by atoms with Crippen molar-refractivity contribution in [3.63, 3.8) is 0 Å². The predicted octanol–water partition coefficient (Wildman–Crippen LogP) is 6.46. The van der Waals surface area contributed by atoms with Gasteiger partial charge in [-0.3, -0.25) is 4.90 Å². The van der Waals surface area contributed by atoms with Crippen LogP contribution in [0, 0.1) is 6.92 Å². The molecular formula is C25H21ClN4O2S. The maximum Gasteiger partial charge on any atom is 0.322 e. The number of thiophene rings is 1. The summed E-state index contributed by atoms with van der Waals surface area (Å²) in [5.41, 5.74) is 4.59. The smallest absolute Gasteiger partial charge is 0.322 e. The molecule has 4 aromatic rings. The van der Waals surface area contributed by atoms with Gasteiger partial charge in [0.1, 0.15) is 0 Å². The van der Waals surface area contributed by atoms with Gasteiger partial charge >= 0.3 is 6.03 Å². The van der Waals surface area contributed by atoms with Crippen LogP contribution in [0.3, 0.4) is 0 Å². The van der Waals surface area contributed by atoms with Crippen molar-refractivity contribution in [3.8, 4) is 10.7 Å². The molecule has 0 saturated carbocycles. The molecule has 2 aromatic heterocycles. The summed E-state index contributed by atoms with van der Waals surface area (Å²) in [4.78, 5) is 20.5. The molecule has 166 valence electrons. The highest BCUT2D eigenvalue weighted by Crippen LogP contribution is 2.38. The van der Waals surface area contributed by atoms with Crippen LogP contribution in [0.1, 0.15) is 35.5 Å². The van der Waals surface area contributed by atoms with Gasteiger partial charge in [0.05, 0.1) is 23.0 Å². The molecular weight excluding hydrogens is 456 g/mol. The number of amides is 2. The summed E-state index contributed by atoms with van der Waals surface area (Å²) in [6, 6.07) is 18.8. The van der Waals surface area contributed by atoms with Crippen LogP contribution in [0.25, 0.3) is 16.3 Å². The summed E-state index contributed by atoms with van der Waals surface area (Å²) in [5.74, 6) is 0.905. The number of hydrogen-bond acceptors (Lipinski definition) is 5. The molecule has 1 N–H and O–H groups in total. The maximum atomic E-state index is 13.2. The Bertz CT molecular complexity index is 1330. The minimum Gasteiger partial charge on any atom is -0.334 e. The number of halogens is 1. The van der Waals surface area contributed by atoms with Crippen molar-refractivity contribution in [2.24, 2.45) is 0 Å². The van der Waals surface area contributed by atoms with Gasteiger partial charge in [-0.2, -0.15) is 4.98 Å². The normalized spacial score (nSPS) is 16.3. The molecule has 0 spiro atoms. The van der Waals surface area contributed by atoms with Crippen molar-refractivity contribution in [1.82, 2.24) is 20.4 Å². The zero-order chi connectivity index (χ0) is 22.9. The zero-order valence-electron chi connectivity index (χ0n) is 18.1. The SMILES string of the molecule is CC1=C(c2nc(-c3cccs3)no2)C(c2ccc(Cl)cc2)NC(=O)N1Cc1cccc(C)c1. The van der Waals surface area contributed by atoms with Gasteiger partial charge < -0.3 is 9.84 Å². The van der Waals surface area contributed by atoms with E-state index in [-0.39, 0.29) is 6.03 Å². The monoisotopic (exact) mass is 476 g/mol. The van der Waals surface area contributed by atoms with Crippen LogP contribution < -0.4 is 5.32 Å². The first-order chi connectivity index (χ1) is 16.0. The maximum absolute atomic E-state index is 13.2. The van der Waals surface area contributed by atoms with E-state index >= 15 is 0 Å². The van der Waals surface area contributed by atoms with E-state index < -0.39 is 6.04 Å². The van der Waals surface area contributed by atoms with Gasteiger partial charge in [0.2, 0.25) is 5.82 Å². The number of aromatic nitrogens is 2. The minimum absolute atomic E-state index is 0.185. The molecule has 0 radical (unpaired) electrons. The molecule has 5 rings (SSSR count). The average Bonchev–Trinajstić information content (AvgIpc) is 3.49. The van der Waals surface area contributed by atoms with Gasteiger partial charge in [0.15, 0.2) is 0 Å². The molecule has 2 amide bonds. The average molecular weight is 477 g/mol. The number of aryl methyl sites for hydroxylation is 1. The Labute approximate surface area is 200 Å². The fraction of sp³-hybridized carbons (Fsp3) is 0.160. The summed E-state index contributed by atoms with van der Waals surface area (Å²) >= 11 is 7.64. The van der Waals surface area contributed by atoms with Gasteiger partial charge in [-0.15, -0.1) is 11.3 Å². The first-order valence-corrected chi connectivity index (χ1v) is 11.7. The molecule has 33 heavy (non-hydrogen) atoms. The lowest BCUT2D eigenvalue weighted by atomic mass is 9.94. The number of benzene rings is 2. The summed E-state index contributed by atoms with van der Waals surface area (Å²) in [6.07, 6.45) is 0. The van der Waals surface area contributed by atoms with Crippen molar-refractivity contribution < 1.29 is 9.32 Å². The lowest BCUT2D eigenvalue weighted by Gasteiger charge is -2.35. The lowest BCUT2D eigenvalue weighted by molar-refractivity contribution is 0.203. The summed E-state index contributed by atoms with van der Waals surface area (Å²) < 4.78 is 5.71. The summed E-state index contributed by atoms with van der Waals surface area (Å²) in [7, 11) is 0. The molecule has 1 atom stereocenters. The minimum atomic E-state index is -0.444. The second kappa shape index (κ2) is 8.84. The highest BCUT2D eigenvalue weighted by molar-refractivity contribution is 7.13. The molecule has 1 aliphatic rings. The number of rotatable bonds is 5. The highest BCUT2D eigenvalue weighted by atomic mass is 35.5. The van der Waals surface area contributed by atoms with Crippen molar-refractivity contribution >= 4 is 34.5 Å². The van der Waals surface area contributed by atoms with Crippen molar-refractivity contribution in [2.75, 3.05) is 0 Å². The third kappa shape index (κ3) is 4.29. The number of hydrogen-bond donors (Lipinski definition) is 1. The largest absolute Gasteiger partial charge is 0.334 e. The number of allylic oxidation sites excluding steroid dienone is 1. The lowest BCUT2D eigenvalue weighted by Crippen LogP contribution is -2.45. The molecule has 8 heteroatoms. The zero-order valence-corrected chi connectivity index (χ0v) is 19.7. The number of carbonyl (C=O) groups is 1. The molecule has 6 nitrogen and oxygen atoms in total. The van der Waals surface area contributed by atoms with Crippen LogP contribution in [0.15, 0.2) is 76.3 Å². The Balaban J connectivity index is 1.60. The van der Waals surface area contributed by atoms with Gasteiger partial charge in [-0.1, -0.05) is 64.8 Å². The van der Waals surface area contributed by atoms with E-state index in [2.05, 4.69) is 21.5 Å². The van der Waals surface area contributed by atoms with Crippen LogP contribution in [-0.4, -0.2) is 21.1 Å². The molecule has 0 saturated heterocycles. The molecule has 0 bridgehead atoms. The predicted molar refractivity (Wildman–Crippen MR) is 130 cm³/mol. The first kappa shape index (κ1) is 21.4.